The summed E-state index contributed by atoms with van der Waals surface area (Å²) in [6.45, 7) is 9.13. The second-order valence-electron chi connectivity index (χ2n) is 4.91. The molecule has 106 valence electrons. The molecule has 3 heteroatoms. The van der Waals surface area contributed by atoms with Gasteiger partial charge in [0.2, 0.25) is 0 Å². The summed E-state index contributed by atoms with van der Waals surface area (Å²) in [5.74, 6) is -1.57. The Labute approximate surface area is 114 Å². The smallest absolute Gasteiger partial charge is 0.159 e. The maximum Gasteiger partial charge on any atom is 0.159 e. The maximum absolute atomic E-state index is 13.2. The summed E-state index contributed by atoms with van der Waals surface area (Å²) in [5, 5.41) is 3.44. The van der Waals surface area contributed by atoms with Crippen LogP contribution in [0.4, 0.5) is 8.78 Å². The molecule has 1 unspecified atom stereocenters. The molecule has 1 aromatic carbocycles. The molecule has 0 radical (unpaired) electrons. The number of hydrogen-bond acceptors (Lipinski definition) is 1. The second kappa shape index (κ2) is 8.05. The predicted molar refractivity (Wildman–Crippen MR) is 76.2 cm³/mol. The fraction of sp³-hybridized carbons (Fsp3) is 0.500. The third kappa shape index (κ3) is 5.52. The Morgan fingerprint density at radius 3 is 2.58 bits per heavy atom. The maximum atomic E-state index is 13.2. The van der Waals surface area contributed by atoms with Gasteiger partial charge in [-0.05, 0) is 49.9 Å². The van der Waals surface area contributed by atoms with Crippen LogP contribution in [0.5, 0.6) is 0 Å². The molecule has 0 aliphatic carbocycles. The molecule has 0 saturated carbocycles. The predicted octanol–water partition coefficient (Wildman–Crippen LogP) is 4.23. The van der Waals surface area contributed by atoms with Crippen LogP contribution in [0, 0.1) is 11.6 Å². The molecule has 0 spiro atoms. The molecular weight excluding hydrogens is 244 g/mol. The molecule has 1 N–H and O–H groups in total. The molecule has 0 amide bonds. The Bertz CT molecular complexity index is 415. The summed E-state index contributed by atoms with van der Waals surface area (Å²) in [5.41, 5.74) is 1.99. The monoisotopic (exact) mass is 267 g/mol. The first kappa shape index (κ1) is 15.8. The zero-order valence-electron chi connectivity index (χ0n) is 11.8. The van der Waals surface area contributed by atoms with E-state index in [1.165, 1.54) is 17.7 Å². The summed E-state index contributed by atoms with van der Waals surface area (Å²) in [4.78, 5) is 0. The zero-order chi connectivity index (χ0) is 14.3. The van der Waals surface area contributed by atoms with Crippen LogP contribution in [0.3, 0.4) is 0 Å². The van der Waals surface area contributed by atoms with E-state index in [4.69, 9.17) is 0 Å². The van der Waals surface area contributed by atoms with Gasteiger partial charge in [0.25, 0.3) is 0 Å². The van der Waals surface area contributed by atoms with Crippen molar-refractivity contribution in [3.63, 3.8) is 0 Å². The van der Waals surface area contributed by atoms with Crippen molar-refractivity contribution in [3.05, 3.63) is 47.5 Å². The Morgan fingerprint density at radius 2 is 2.00 bits per heavy atom. The first-order valence-corrected chi connectivity index (χ1v) is 6.90. The van der Waals surface area contributed by atoms with Crippen LogP contribution >= 0.6 is 0 Å². The van der Waals surface area contributed by atoms with Gasteiger partial charge in [-0.1, -0.05) is 32.1 Å². The number of nitrogens with one attached hydrogen (secondary N) is 1. The first-order valence-electron chi connectivity index (χ1n) is 6.90. The van der Waals surface area contributed by atoms with Crippen LogP contribution in [0.2, 0.25) is 0 Å². The summed E-state index contributed by atoms with van der Waals surface area (Å²) in [6, 6.07) is 4.35. The molecular formula is C16H23F2N. The van der Waals surface area contributed by atoms with E-state index in [1.54, 1.807) is 6.07 Å². The fourth-order valence-corrected chi connectivity index (χ4v) is 2.01. The second-order valence-corrected chi connectivity index (χ2v) is 4.91. The van der Waals surface area contributed by atoms with Gasteiger partial charge in [0.1, 0.15) is 0 Å². The molecule has 0 fully saturated rings. The van der Waals surface area contributed by atoms with E-state index in [0.29, 0.717) is 6.42 Å². The average Bonchev–Trinajstić information content (AvgIpc) is 2.40. The van der Waals surface area contributed by atoms with Crippen LogP contribution in [-0.2, 0) is 6.42 Å². The van der Waals surface area contributed by atoms with Crippen LogP contribution in [0.25, 0.3) is 0 Å². The molecule has 19 heavy (non-hydrogen) atoms. The number of hydrogen-bond donors (Lipinski definition) is 1. The Kier molecular flexibility index (Phi) is 6.71. The molecule has 0 aromatic heterocycles. The van der Waals surface area contributed by atoms with Gasteiger partial charge in [-0.15, -0.1) is 0 Å². The molecule has 0 aliphatic rings. The lowest BCUT2D eigenvalue weighted by Crippen LogP contribution is -2.32. The Balaban J connectivity index is 2.69. The summed E-state index contributed by atoms with van der Waals surface area (Å²) in [6.07, 6.45) is 3.56. The van der Waals surface area contributed by atoms with Crippen molar-refractivity contribution in [2.45, 2.75) is 45.6 Å². The summed E-state index contributed by atoms with van der Waals surface area (Å²) in [7, 11) is 0. The van der Waals surface area contributed by atoms with Crippen LogP contribution in [-0.4, -0.2) is 12.6 Å². The summed E-state index contributed by atoms with van der Waals surface area (Å²) >= 11 is 0. The highest BCUT2D eigenvalue weighted by Gasteiger charge is 2.11. The number of rotatable bonds is 8. The van der Waals surface area contributed by atoms with Gasteiger partial charge in [-0.3, -0.25) is 0 Å². The number of benzene rings is 1. The average molecular weight is 267 g/mol. The van der Waals surface area contributed by atoms with E-state index in [0.717, 1.165) is 31.4 Å². The van der Waals surface area contributed by atoms with Crippen LogP contribution in [0.15, 0.2) is 30.4 Å². The minimum Gasteiger partial charge on any atom is -0.313 e. The molecule has 0 saturated heterocycles. The van der Waals surface area contributed by atoms with E-state index in [1.807, 2.05) is 0 Å². The summed E-state index contributed by atoms with van der Waals surface area (Å²) < 4.78 is 26.1. The van der Waals surface area contributed by atoms with Crippen molar-refractivity contribution in [2.75, 3.05) is 6.54 Å². The normalized spacial score (nSPS) is 12.4. The molecule has 1 rings (SSSR count). The standard InChI is InChI=1S/C16H23F2N/c1-4-8-19-14(9-12(3)5-2)10-13-6-7-15(17)16(18)11-13/h6-7,11,14,19H,3-5,8-10H2,1-2H3. The van der Waals surface area contributed by atoms with Gasteiger partial charge in [0.15, 0.2) is 11.6 Å². The van der Waals surface area contributed by atoms with Gasteiger partial charge >= 0.3 is 0 Å². The fourth-order valence-electron chi connectivity index (χ4n) is 2.01. The third-order valence-electron chi connectivity index (χ3n) is 3.18. The quantitative estimate of drug-likeness (QED) is 0.695. The van der Waals surface area contributed by atoms with E-state index in [2.05, 4.69) is 25.7 Å². The van der Waals surface area contributed by atoms with E-state index < -0.39 is 11.6 Å². The van der Waals surface area contributed by atoms with Gasteiger partial charge in [-0.2, -0.15) is 0 Å². The minimum atomic E-state index is -0.792. The number of halogens is 2. The van der Waals surface area contributed by atoms with Gasteiger partial charge in [0.05, 0.1) is 0 Å². The van der Waals surface area contributed by atoms with Crippen LogP contribution < -0.4 is 5.32 Å². The van der Waals surface area contributed by atoms with Crippen molar-refractivity contribution in [2.24, 2.45) is 0 Å². The molecule has 0 bridgehead atoms. The largest absolute Gasteiger partial charge is 0.313 e. The van der Waals surface area contributed by atoms with Gasteiger partial charge in [0, 0.05) is 6.04 Å². The SMILES string of the molecule is C=C(CC)CC(Cc1ccc(F)c(F)c1)NCCC. The molecule has 0 heterocycles. The van der Waals surface area contributed by atoms with Crippen molar-refractivity contribution in [1.29, 1.82) is 0 Å². The Hall–Kier alpha value is -1.22. The van der Waals surface area contributed by atoms with Crippen molar-refractivity contribution in [1.82, 2.24) is 5.32 Å². The van der Waals surface area contributed by atoms with Crippen LogP contribution in [0.1, 0.15) is 38.7 Å². The van der Waals surface area contributed by atoms with Crippen molar-refractivity contribution >= 4 is 0 Å². The molecule has 0 aliphatic heterocycles. The molecule has 1 nitrogen and oxygen atoms in total. The third-order valence-corrected chi connectivity index (χ3v) is 3.18. The lowest BCUT2D eigenvalue weighted by molar-refractivity contribution is 0.489. The molecule has 1 aromatic rings. The van der Waals surface area contributed by atoms with Crippen molar-refractivity contribution in [3.8, 4) is 0 Å². The van der Waals surface area contributed by atoms with E-state index in [9.17, 15) is 8.78 Å². The lowest BCUT2D eigenvalue weighted by Gasteiger charge is -2.19. The highest BCUT2D eigenvalue weighted by molar-refractivity contribution is 5.19. The minimum absolute atomic E-state index is 0.234. The molecule has 1 atom stereocenters. The highest BCUT2D eigenvalue weighted by Crippen LogP contribution is 2.15. The lowest BCUT2D eigenvalue weighted by atomic mass is 9.98. The van der Waals surface area contributed by atoms with E-state index >= 15 is 0 Å². The van der Waals surface area contributed by atoms with Crippen molar-refractivity contribution < 1.29 is 8.78 Å². The van der Waals surface area contributed by atoms with Gasteiger partial charge in [-0.25, -0.2) is 8.78 Å². The van der Waals surface area contributed by atoms with Gasteiger partial charge < -0.3 is 5.32 Å². The topological polar surface area (TPSA) is 12.0 Å². The zero-order valence-corrected chi connectivity index (χ0v) is 11.8. The first-order chi connectivity index (χ1) is 9.06. The highest BCUT2D eigenvalue weighted by atomic mass is 19.2. The van der Waals surface area contributed by atoms with E-state index in [-0.39, 0.29) is 6.04 Å². The Morgan fingerprint density at radius 1 is 1.26 bits per heavy atom.